The van der Waals surface area contributed by atoms with Crippen LogP contribution in [0.4, 0.5) is 0 Å². The monoisotopic (exact) mass is 204 g/mol. The highest BCUT2D eigenvalue weighted by Gasteiger charge is 2.34. The number of thioether (sulfide) groups is 1. The van der Waals surface area contributed by atoms with Crippen LogP contribution in [0.1, 0.15) is 19.8 Å². The van der Waals surface area contributed by atoms with Crippen LogP contribution in [0.5, 0.6) is 0 Å². The molecule has 76 valence electrons. The number of carbonyl (C=O) groups is 1. The Balaban J connectivity index is 4.07. The van der Waals surface area contributed by atoms with E-state index in [1.807, 2.05) is 6.92 Å². The minimum atomic E-state index is -1.57. The number of carboxylic acids is 1. The fourth-order valence-electron chi connectivity index (χ4n) is 0.966. The molecule has 0 bridgehead atoms. The fraction of sp³-hybridized carbons (Fsp3) is 0.667. The predicted octanol–water partition coefficient (Wildman–Crippen LogP) is 1.52. The van der Waals surface area contributed by atoms with Crippen LogP contribution in [0, 0.1) is 0 Å². The number of aliphatic hydroxyl groups is 1. The molecule has 0 radical (unpaired) electrons. The van der Waals surface area contributed by atoms with Crippen molar-refractivity contribution in [3.8, 4) is 0 Å². The molecule has 0 saturated carbocycles. The van der Waals surface area contributed by atoms with Gasteiger partial charge in [-0.15, -0.1) is 6.58 Å². The molecule has 4 heteroatoms. The van der Waals surface area contributed by atoms with E-state index in [0.29, 0.717) is 18.6 Å². The van der Waals surface area contributed by atoms with E-state index < -0.39 is 11.6 Å². The van der Waals surface area contributed by atoms with Crippen molar-refractivity contribution in [2.24, 2.45) is 0 Å². The summed E-state index contributed by atoms with van der Waals surface area (Å²) < 4.78 is 0. The Morgan fingerprint density at radius 2 is 2.31 bits per heavy atom. The summed E-state index contributed by atoms with van der Waals surface area (Å²) in [4.78, 5) is 10.7. The van der Waals surface area contributed by atoms with Crippen molar-refractivity contribution in [1.29, 1.82) is 0 Å². The van der Waals surface area contributed by atoms with Crippen LogP contribution in [0.15, 0.2) is 12.7 Å². The molecule has 13 heavy (non-hydrogen) atoms. The van der Waals surface area contributed by atoms with Crippen molar-refractivity contribution in [2.75, 3.05) is 11.5 Å². The normalized spacial score (nSPS) is 14.9. The van der Waals surface area contributed by atoms with Gasteiger partial charge in [-0.1, -0.05) is 19.4 Å². The van der Waals surface area contributed by atoms with Crippen molar-refractivity contribution in [1.82, 2.24) is 0 Å². The summed E-state index contributed by atoms with van der Waals surface area (Å²) in [7, 11) is 0. The highest BCUT2D eigenvalue weighted by atomic mass is 32.2. The molecule has 1 atom stereocenters. The maximum Gasteiger partial charge on any atom is 0.336 e. The summed E-state index contributed by atoms with van der Waals surface area (Å²) >= 11 is 1.38. The van der Waals surface area contributed by atoms with E-state index in [4.69, 9.17) is 5.11 Å². The zero-order valence-corrected chi connectivity index (χ0v) is 8.64. The molecule has 2 N–H and O–H groups in total. The summed E-state index contributed by atoms with van der Waals surface area (Å²) in [5, 5.41) is 18.4. The molecule has 0 aromatic heterocycles. The van der Waals surface area contributed by atoms with Crippen LogP contribution in [-0.2, 0) is 4.79 Å². The number of carboxylic acid groups (broad SMARTS) is 1. The summed E-state index contributed by atoms with van der Waals surface area (Å²) in [5.74, 6) is -0.243. The highest BCUT2D eigenvalue weighted by Crippen LogP contribution is 2.19. The molecule has 0 amide bonds. The molecule has 0 aliphatic heterocycles. The Morgan fingerprint density at radius 3 is 2.69 bits per heavy atom. The molecule has 0 spiro atoms. The summed E-state index contributed by atoms with van der Waals surface area (Å²) in [6, 6.07) is 0. The molecule has 0 aliphatic carbocycles. The third-order valence-electron chi connectivity index (χ3n) is 1.64. The van der Waals surface area contributed by atoms with E-state index in [2.05, 4.69) is 6.58 Å². The molecule has 0 fully saturated rings. The smallest absolute Gasteiger partial charge is 0.336 e. The minimum absolute atomic E-state index is 0.224. The van der Waals surface area contributed by atoms with Gasteiger partial charge in [0.2, 0.25) is 0 Å². The van der Waals surface area contributed by atoms with Crippen LogP contribution in [-0.4, -0.2) is 33.3 Å². The van der Waals surface area contributed by atoms with Crippen molar-refractivity contribution >= 4 is 17.7 Å². The van der Waals surface area contributed by atoms with Gasteiger partial charge in [0, 0.05) is 11.5 Å². The lowest BCUT2D eigenvalue weighted by molar-refractivity contribution is -0.156. The Labute approximate surface area is 82.8 Å². The first-order valence-corrected chi connectivity index (χ1v) is 5.36. The maximum atomic E-state index is 10.7. The largest absolute Gasteiger partial charge is 0.479 e. The van der Waals surface area contributed by atoms with Crippen molar-refractivity contribution in [3.05, 3.63) is 12.7 Å². The van der Waals surface area contributed by atoms with Crippen molar-refractivity contribution in [3.63, 3.8) is 0 Å². The fourth-order valence-corrected chi connectivity index (χ4v) is 1.86. The van der Waals surface area contributed by atoms with Crippen LogP contribution >= 0.6 is 11.8 Å². The molecule has 3 nitrogen and oxygen atoms in total. The van der Waals surface area contributed by atoms with Crippen LogP contribution < -0.4 is 0 Å². The standard InChI is InChI=1S/C9H16O3S/c1-3-5-9(12,8(10)11)7-13-6-4-2/h4,12H,2-3,5-7H2,1H3,(H,10,11)/t9-/m0/s1. The van der Waals surface area contributed by atoms with Gasteiger partial charge < -0.3 is 10.2 Å². The molecule has 0 aromatic rings. The van der Waals surface area contributed by atoms with Crippen molar-refractivity contribution in [2.45, 2.75) is 25.4 Å². The number of hydrogen-bond acceptors (Lipinski definition) is 3. The SMILES string of the molecule is C=CCSC[C@@](O)(CCC)C(=O)O. The van der Waals surface area contributed by atoms with Gasteiger partial charge in [0.15, 0.2) is 5.60 Å². The molecular weight excluding hydrogens is 188 g/mol. The molecule has 0 rings (SSSR count). The second-order valence-electron chi connectivity index (χ2n) is 2.89. The summed E-state index contributed by atoms with van der Waals surface area (Å²) in [6.07, 6.45) is 2.66. The molecule has 0 saturated heterocycles. The van der Waals surface area contributed by atoms with Gasteiger partial charge in [-0.3, -0.25) is 0 Å². The van der Waals surface area contributed by atoms with E-state index >= 15 is 0 Å². The third kappa shape index (κ3) is 4.33. The van der Waals surface area contributed by atoms with Gasteiger partial charge in [-0.2, -0.15) is 11.8 Å². The van der Waals surface area contributed by atoms with E-state index in [-0.39, 0.29) is 5.75 Å². The van der Waals surface area contributed by atoms with Crippen LogP contribution in [0.3, 0.4) is 0 Å². The lowest BCUT2D eigenvalue weighted by atomic mass is 10.0. The molecule has 0 unspecified atom stereocenters. The van der Waals surface area contributed by atoms with E-state index in [9.17, 15) is 9.90 Å². The van der Waals surface area contributed by atoms with E-state index in [1.54, 1.807) is 6.08 Å². The highest BCUT2D eigenvalue weighted by molar-refractivity contribution is 7.99. The zero-order valence-electron chi connectivity index (χ0n) is 7.82. The second-order valence-corrected chi connectivity index (χ2v) is 3.92. The van der Waals surface area contributed by atoms with Gasteiger partial charge in [-0.25, -0.2) is 4.79 Å². The van der Waals surface area contributed by atoms with Gasteiger partial charge in [-0.05, 0) is 6.42 Å². The van der Waals surface area contributed by atoms with Gasteiger partial charge in [0.1, 0.15) is 0 Å². The third-order valence-corrected chi connectivity index (χ3v) is 2.79. The number of rotatable bonds is 7. The van der Waals surface area contributed by atoms with Gasteiger partial charge >= 0.3 is 5.97 Å². The summed E-state index contributed by atoms with van der Waals surface area (Å²) in [6.45, 7) is 5.37. The first kappa shape index (κ1) is 12.5. The number of hydrogen-bond donors (Lipinski definition) is 2. The quantitative estimate of drug-likeness (QED) is 0.487. The van der Waals surface area contributed by atoms with E-state index in [1.165, 1.54) is 11.8 Å². The minimum Gasteiger partial charge on any atom is -0.479 e. The van der Waals surface area contributed by atoms with Gasteiger partial charge in [0.05, 0.1) is 0 Å². The lowest BCUT2D eigenvalue weighted by Crippen LogP contribution is -2.41. The number of aliphatic carboxylic acids is 1. The second kappa shape index (κ2) is 6.05. The maximum absolute atomic E-state index is 10.7. The Morgan fingerprint density at radius 1 is 1.69 bits per heavy atom. The Hall–Kier alpha value is -0.480. The topological polar surface area (TPSA) is 57.5 Å². The Kier molecular flexibility index (Phi) is 5.82. The average molecular weight is 204 g/mol. The zero-order chi connectivity index (χ0) is 10.3. The molecule has 0 aromatic carbocycles. The van der Waals surface area contributed by atoms with Crippen molar-refractivity contribution < 1.29 is 15.0 Å². The Bertz CT molecular complexity index is 182. The molecular formula is C9H16O3S. The summed E-state index contributed by atoms with van der Waals surface area (Å²) in [5.41, 5.74) is -1.57. The lowest BCUT2D eigenvalue weighted by Gasteiger charge is -2.21. The van der Waals surface area contributed by atoms with Crippen LogP contribution in [0.25, 0.3) is 0 Å². The predicted molar refractivity (Wildman–Crippen MR) is 55.0 cm³/mol. The molecule has 0 aliphatic rings. The van der Waals surface area contributed by atoms with Gasteiger partial charge in [0.25, 0.3) is 0 Å². The average Bonchev–Trinajstić information content (AvgIpc) is 2.05. The van der Waals surface area contributed by atoms with E-state index in [0.717, 1.165) is 0 Å². The first-order chi connectivity index (χ1) is 6.06. The van der Waals surface area contributed by atoms with Crippen LogP contribution in [0.2, 0.25) is 0 Å². The molecule has 0 heterocycles. The first-order valence-electron chi connectivity index (χ1n) is 4.21.